The first kappa shape index (κ1) is 12.0. The zero-order chi connectivity index (χ0) is 10.4. The van der Waals surface area contributed by atoms with E-state index in [-0.39, 0.29) is 5.16 Å². The molecule has 0 N–H and O–H groups in total. The first-order chi connectivity index (χ1) is 6.70. The number of rotatable bonds is 5. The second-order valence-corrected chi connectivity index (χ2v) is 6.20. The van der Waals surface area contributed by atoms with E-state index < -0.39 is 0 Å². The van der Waals surface area contributed by atoms with Gasteiger partial charge in [0.05, 0.1) is 6.61 Å². The number of para-hydroxylation sites is 1. The second kappa shape index (κ2) is 5.72. The van der Waals surface area contributed by atoms with Crippen LogP contribution in [0.4, 0.5) is 0 Å². The molecule has 1 rings (SSSR count). The van der Waals surface area contributed by atoms with Crippen molar-refractivity contribution in [2.75, 3.05) is 6.61 Å². The van der Waals surface area contributed by atoms with E-state index in [1.165, 1.54) is 0 Å². The number of hydrogen-bond acceptors (Lipinski definition) is 1. The molecular formula is C11H16BrOP. The predicted molar refractivity (Wildman–Crippen MR) is 67.9 cm³/mol. The highest BCUT2D eigenvalue weighted by Gasteiger charge is 2.21. The summed E-state index contributed by atoms with van der Waals surface area (Å²) >= 11 is 3.55. The highest BCUT2D eigenvalue weighted by molar-refractivity contribution is 9.37. The molecule has 0 spiro atoms. The monoisotopic (exact) mass is 274 g/mol. The van der Waals surface area contributed by atoms with Crippen LogP contribution in [0.5, 0.6) is 5.75 Å². The van der Waals surface area contributed by atoms with Crippen LogP contribution in [0.1, 0.15) is 20.3 Å². The molecule has 0 radical (unpaired) electrons. The highest BCUT2D eigenvalue weighted by atomic mass is 79.9. The molecule has 0 saturated carbocycles. The minimum atomic E-state index is 0.260. The van der Waals surface area contributed by atoms with E-state index in [9.17, 15) is 0 Å². The van der Waals surface area contributed by atoms with E-state index in [0.717, 1.165) is 26.1 Å². The van der Waals surface area contributed by atoms with E-state index in [2.05, 4.69) is 29.3 Å². The summed E-state index contributed by atoms with van der Waals surface area (Å²) in [5.74, 6) is 0.956. The van der Waals surface area contributed by atoms with Crippen molar-refractivity contribution >= 4 is 22.8 Å². The van der Waals surface area contributed by atoms with Crippen molar-refractivity contribution in [1.29, 1.82) is 0 Å². The maximum atomic E-state index is 5.73. The van der Waals surface area contributed by atoms with Gasteiger partial charge in [-0.3, -0.25) is 0 Å². The number of ether oxygens (including phenoxy) is 1. The summed E-state index contributed by atoms with van der Waals surface area (Å²) in [5, 5.41) is 0.260. The SMILES string of the molecule is CCC(C)(COc1ccccc1)PBr. The Balaban J connectivity index is 2.48. The topological polar surface area (TPSA) is 9.23 Å². The molecule has 0 fully saturated rings. The zero-order valence-electron chi connectivity index (χ0n) is 8.59. The summed E-state index contributed by atoms with van der Waals surface area (Å²) in [6.45, 7) is 5.21. The lowest BCUT2D eigenvalue weighted by Gasteiger charge is -2.25. The van der Waals surface area contributed by atoms with E-state index in [1.54, 1.807) is 0 Å². The van der Waals surface area contributed by atoms with Crippen LogP contribution in [0.3, 0.4) is 0 Å². The van der Waals surface area contributed by atoms with Crippen LogP contribution in [-0.4, -0.2) is 11.8 Å². The van der Waals surface area contributed by atoms with Gasteiger partial charge >= 0.3 is 0 Å². The molecule has 14 heavy (non-hydrogen) atoms. The van der Waals surface area contributed by atoms with Gasteiger partial charge in [-0.05, 0) is 25.8 Å². The number of hydrogen-bond donors (Lipinski definition) is 0. The van der Waals surface area contributed by atoms with Gasteiger partial charge in [0.15, 0.2) is 0 Å². The van der Waals surface area contributed by atoms with Gasteiger partial charge in [-0.2, -0.15) is 0 Å². The molecule has 2 unspecified atom stereocenters. The average molecular weight is 275 g/mol. The van der Waals surface area contributed by atoms with E-state index in [0.29, 0.717) is 0 Å². The summed E-state index contributed by atoms with van der Waals surface area (Å²) in [6, 6.07) is 9.98. The molecule has 0 heterocycles. The lowest BCUT2D eigenvalue weighted by molar-refractivity contribution is 0.275. The van der Waals surface area contributed by atoms with Crippen molar-refractivity contribution in [1.82, 2.24) is 0 Å². The molecule has 1 aromatic rings. The van der Waals surface area contributed by atoms with Crippen molar-refractivity contribution < 1.29 is 4.74 Å². The van der Waals surface area contributed by atoms with Crippen LogP contribution in [0.15, 0.2) is 30.3 Å². The predicted octanol–water partition coefficient (Wildman–Crippen LogP) is 4.22. The molecule has 0 bridgehead atoms. The maximum Gasteiger partial charge on any atom is 0.119 e. The first-order valence-corrected chi connectivity index (χ1v) is 8.01. The van der Waals surface area contributed by atoms with Crippen LogP contribution in [0, 0.1) is 0 Å². The van der Waals surface area contributed by atoms with Crippen molar-refractivity contribution in [3.63, 3.8) is 0 Å². The second-order valence-electron chi connectivity index (χ2n) is 3.61. The largest absolute Gasteiger partial charge is 0.493 e. The van der Waals surface area contributed by atoms with Gasteiger partial charge in [0.1, 0.15) is 5.75 Å². The van der Waals surface area contributed by atoms with Crippen LogP contribution in [-0.2, 0) is 0 Å². The van der Waals surface area contributed by atoms with E-state index in [1.807, 2.05) is 30.3 Å². The third-order valence-electron chi connectivity index (χ3n) is 2.31. The van der Waals surface area contributed by atoms with Crippen LogP contribution in [0.25, 0.3) is 0 Å². The van der Waals surface area contributed by atoms with Gasteiger partial charge < -0.3 is 4.74 Å². The lowest BCUT2D eigenvalue weighted by Crippen LogP contribution is -2.25. The Kier molecular flexibility index (Phi) is 4.91. The van der Waals surface area contributed by atoms with Gasteiger partial charge in [-0.25, -0.2) is 0 Å². The molecule has 0 aromatic heterocycles. The standard InChI is InChI=1S/C11H16BrOP/c1-3-11(2,14-12)9-13-10-7-5-4-6-8-10/h4-8,14H,3,9H2,1-2H3. The number of benzene rings is 1. The molecule has 1 nitrogen and oxygen atoms in total. The molecular weight excluding hydrogens is 259 g/mol. The fourth-order valence-corrected chi connectivity index (χ4v) is 2.40. The number of halogens is 1. The maximum absolute atomic E-state index is 5.73. The Morgan fingerprint density at radius 3 is 2.50 bits per heavy atom. The smallest absolute Gasteiger partial charge is 0.119 e. The molecule has 0 amide bonds. The van der Waals surface area contributed by atoms with Gasteiger partial charge in [0.2, 0.25) is 0 Å². The molecule has 0 aliphatic rings. The van der Waals surface area contributed by atoms with Crippen molar-refractivity contribution in [2.45, 2.75) is 25.4 Å². The van der Waals surface area contributed by atoms with Gasteiger partial charge in [-0.1, -0.05) is 47.5 Å². The van der Waals surface area contributed by atoms with Gasteiger partial charge in [0, 0.05) is 5.16 Å². The van der Waals surface area contributed by atoms with E-state index in [4.69, 9.17) is 4.74 Å². The molecule has 0 aliphatic heterocycles. The van der Waals surface area contributed by atoms with Crippen LogP contribution < -0.4 is 4.74 Å². The summed E-state index contributed by atoms with van der Waals surface area (Å²) in [5.41, 5.74) is 0. The van der Waals surface area contributed by atoms with Crippen LogP contribution >= 0.6 is 22.8 Å². The molecule has 78 valence electrons. The fraction of sp³-hybridized carbons (Fsp3) is 0.455. The quantitative estimate of drug-likeness (QED) is 0.731. The minimum absolute atomic E-state index is 0.260. The lowest BCUT2D eigenvalue weighted by atomic mass is 10.1. The first-order valence-electron chi connectivity index (χ1n) is 4.76. The summed E-state index contributed by atoms with van der Waals surface area (Å²) in [4.78, 5) is 0. The highest BCUT2D eigenvalue weighted by Crippen LogP contribution is 2.40. The normalized spacial score (nSPS) is 15.6. The van der Waals surface area contributed by atoms with Crippen molar-refractivity contribution in [2.24, 2.45) is 0 Å². The Labute approximate surface area is 95.8 Å². The summed E-state index contributed by atoms with van der Waals surface area (Å²) in [7, 11) is 0.741. The Morgan fingerprint density at radius 2 is 2.00 bits per heavy atom. The molecule has 0 aliphatic carbocycles. The average Bonchev–Trinajstić information content (AvgIpc) is 2.27. The summed E-state index contributed by atoms with van der Waals surface area (Å²) in [6.07, 6.45) is 1.13. The van der Waals surface area contributed by atoms with E-state index >= 15 is 0 Å². The van der Waals surface area contributed by atoms with Crippen LogP contribution in [0.2, 0.25) is 0 Å². The third-order valence-corrected chi connectivity index (χ3v) is 6.13. The summed E-state index contributed by atoms with van der Waals surface area (Å²) < 4.78 is 5.73. The minimum Gasteiger partial charge on any atom is -0.493 e. The van der Waals surface area contributed by atoms with Gasteiger partial charge in [-0.15, -0.1) is 0 Å². The zero-order valence-corrected chi connectivity index (χ0v) is 11.2. The fourth-order valence-electron chi connectivity index (χ4n) is 0.955. The Bertz CT molecular complexity index is 259. The third kappa shape index (κ3) is 3.59. The molecule has 1 aromatic carbocycles. The molecule has 2 atom stereocenters. The van der Waals surface area contributed by atoms with Crippen molar-refractivity contribution in [3.8, 4) is 5.75 Å². The van der Waals surface area contributed by atoms with Crippen molar-refractivity contribution in [3.05, 3.63) is 30.3 Å². The van der Waals surface area contributed by atoms with Gasteiger partial charge in [0.25, 0.3) is 0 Å². The Morgan fingerprint density at radius 1 is 1.36 bits per heavy atom. The molecule has 0 saturated heterocycles. The molecule has 3 heteroatoms. The Hall–Kier alpha value is -0.0700.